The molecule has 0 unspecified atom stereocenters. The first-order chi connectivity index (χ1) is 10.0. The van der Waals surface area contributed by atoms with Crippen LogP contribution in [0.5, 0.6) is 0 Å². The van der Waals surface area contributed by atoms with E-state index in [2.05, 4.69) is 47.0 Å². The minimum Gasteiger partial charge on any atom is -0.257 e. The maximum Gasteiger partial charge on any atom is 0.181 e. The van der Waals surface area contributed by atoms with E-state index in [1.54, 1.807) is 0 Å². The molecule has 0 aliphatic carbocycles. The van der Waals surface area contributed by atoms with Crippen molar-refractivity contribution in [3.8, 4) is 22.9 Å². The van der Waals surface area contributed by atoms with Gasteiger partial charge in [-0.15, -0.1) is 0 Å². The zero-order chi connectivity index (χ0) is 14.9. The van der Waals surface area contributed by atoms with Crippen LogP contribution in [0, 0.1) is 0 Å². The van der Waals surface area contributed by atoms with E-state index in [0.717, 1.165) is 11.3 Å². The van der Waals surface area contributed by atoms with E-state index < -0.39 is 0 Å². The lowest BCUT2D eigenvalue weighted by Crippen LogP contribution is -2.11. The number of hydrogen-bond donors (Lipinski definition) is 1. The fourth-order valence-electron chi connectivity index (χ4n) is 2.12. The molecule has 0 bridgehead atoms. The summed E-state index contributed by atoms with van der Waals surface area (Å²) in [6.45, 7) is 6.55. The van der Waals surface area contributed by atoms with Crippen molar-refractivity contribution in [1.82, 2.24) is 20.2 Å². The summed E-state index contributed by atoms with van der Waals surface area (Å²) in [6.07, 6.45) is 1.82. The lowest BCUT2D eigenvalue weighted by atomic mass is 9.87. The summed E-state index contributed by atoms with van der Waals surface area (Å²) in [5.74, 6) is 1.38. The summed E-state index contributed by atoms with van der Waals surface area (Å²) in [5.41, 5.74) is 3.12. The van der Waals surface area contributed by atoms with Crippen LogP contribution in [0.1, 0.15) is 26.3 Å². The van der Waals surface area contributed by atoms with Gasteiger partial charge in [0.05, 0.1) is 0 Å². The molecule has 4 nitrogen and oxygen atoms in total. The van der Waals surface area contributed by atoms with Crippen molar-refractivity contribution in [3.63, 3.8) is 0 Å². The molecular weight excluding hydrogens is 260 g/mol. The molecule has 0 atom stereocenters. The average Bonchev–Trinajstić information content (AvgIpc) is 2.97. The highest BCUT2D eigenvalue weighted by Gasteiger charge is 2.16. The Labute approximate surface area is 124 Å². The number of benzene rings is 1. The summed E-state index contributed by atoms with van der Waals surface area (Å²) < 4.78 is 0. The topological polar surface area (TPSA) is 54.5 Å². The summed E-state index contributed by atoms with van der Waals surface area (Å²) in [7, 11) is 0. The van der Waals surface area contributed by atoms with Crippen molar-refractivity contribution < 1.29 is 0 Å². The first-order valence-electron chi connectivity index (χ1n) is 6.99. The first kappa shape index (κ1) is 13.5. The minimum absolute atomic E-state index is 0.0833. The zero-order valence-electron chi connectivity index (χ0n) is 12.5. The predicted molar refractivity (Wildman–Crippen MR) is 83.7 cm³/mol. The van der Waals surface area contributed by atoms with E-state index >= 15 is 0 Å². The maximum absolute atomic E-state index is 4.54. The van der Waals surface area contributed by atoms with Gasteiger partial charge in [0.2, 0.25) is 0 Å². The molecule has 106 valence electrons. The number of H-pyrrole nitrogens is 1. The number of hydrogen-bond acceptors (Lipinski definition) is 3. The van der Waals surface area contributed by atoms with E-state index in [1.807, 2.05) is 42.6 Å². The molecule has 4 heteroatoms. The van der Waals surface area contributed by atoms with Gasteiger partial charge in [0.25, 0.3) is 0 Å². The number of pyridine rings is 1. The van der Waals surface area contributed by atoms with Gasteiger partial charge in [0, 0.05) is 11.8 Å². The standard InChI is InChI=1S/C17H18N4/c1-17(2,3)13-9-10-18-14(11-13)16-19-15(20-21-16)12-7-5-4-6-8-12/h4-11H,1-3H3,(H,19,20,21). The summed E-state index contributed by atoms with van der Waals surface area (Å²) >= 11 is 0. The number of nitrogens with zero attached hydrogens (tertiary/aromatic N) is 3. The lowest BCUT2D eigenvalue weighted by molar-refractivity contribution is 0.589. The van der Waals surface area contributed by atoms with E-state index in [4.69, 9.17) is 0 Å². The molecule has 0 saturated heterocycles. The average molecular weight is 278 g/mol. The SMILES string of the molecule is CC(C)(C)c1ccnc(-c2nc(-c3ccccc3)n[nH]2)c1. The third-order valence-electron chi connectivity index (χ3n) is 3.39. The van der Waals surface area contributed by atoms with Crippen molar-refractivity contribution in [1.29, 1.82) is 0 Å². The Hall–Kier alpha value is -2.49. The molecule has 3 rings (SSSR count). The van der Waals surface area contributed by atoms with Gasteiger partial charge in [-0.2, -0.15) is 5.10 Å². The monoisotopic (exact) mass is 278 g/mol. The van der Waals surface area contributed by atoms with E-state index in [-0.39, 0.29) is 5.41 Å². The van der Waals surface area contributed by atoms with E-state index in [9.17, 15) is 0 Å². The molecule has 1 aromatic carbocycles. The second kappa shape index (κ2) is 5.13. The third kappa shape index (κ3) is 2.84. The number of rotatable bonds is 2. The number of aromatic amines is 1. The van der Waals surface area contributed by atoms with Crippen LogP contribution >= 0.6 is 0 Å². The lowest BCUT2D eigenvalue weighted by Gasteiger charge is -2.18. The van der Waals surface area contributed by atoms with Crippen molar-refractivity contribution in [2.24, 2.45) is 0 Å². The molecule has 3 aromatic rings. The molecule has 0 fully saturated rings. The fraction of sp³-hybridized carbons (Fsp3) is 0.235. The normalized spacial score (nSPS) is 11.6. The summed E-state index contributed by atoms with van der Waals surface area (Å²) in [4.78, 5) is 8.94. The molecule has 0 amide bonds. The van der Waals surface area contributed by atoms with Crippen LogP contribution in [0.3, 0.4) is 0 Å². The molecule has 0 aliphatic heterocycles. The van der Waals surface area contributed by atoms with Gasteiger partial charge in [0.1, 0.15) is 5.69 Å². The zero-order valence-corrected chi connectivity index (χ0v) is 12.5. The second-order valence-corrected chi connectivity index (χ2v) is 6.05. The van der Waals surface area contributed by atoms with Gasteiger partial charge in [-0.1, -0.05) is 51.1 Å². The summed E-state index contributed by atoms with van der Waals surface area (Å²) in [5, 5.41) is 7.25. The first-order valence-corrected chi connectivity index (χ1v) is 6.99. The molecule has 0 radical (unpaired) electrons. The van der Waals surface area contributed by atoms with Crippen LogP contribution < -0.4 is 0 Å². The van der Waals surface area contributed by atoms with Gasteiger partial charge < -0.3 is 0 Å². The smallest absolute Gasteiger partial charge is 0.181 e. The van der Waals surface area contributed by atoms with Crippen molar-refractivity contribution in [2.45, 2.75) is 26.2 Å². The van der Waals surface area contributed by atoms with Crippen LogP contribution in [0.25, 0.3) is 22.9 Å². The predicted octanol–water partition coefficient (Wildman–Crippen LogP) is 3.83. The molecular formula is C17H18N4. The Morgan fingerprint density at radius 2 is 1.76 bits per heavy atom. The Kier molecular flexibility index (Phi) is 3.29. The maximum atomic E-state index is 4.54. The highest BCUT2D eigenvalue weighted by atomic mass is 15.2. The van der Waals surface area contributed by atoms with Crippen LogP contribution in [0.15, 0.2) is 48.7 Å². The fourth-order valence-corrected chi connectivity index (χ4v) is 2.12. The molecule has 1 N–H and O–H groups in total. The molecule has 2 aromatic heterocycles. The Morgan fingerprint density at radius 1 is 1.00 bits per heavy atom. The van der Waals surface area contributed by atoms with Gasteiger partial charge >= 0.3 is 0 Å². The Bertz CT molecular complexity index is 739. The molecule has 0 spiro atoms. The molecule has 0 saturated carbocycles. The van der Waals surface area contributed by atoms with E-state index in [1.165, 1.54) is 5.56 Å². The largest absolute Gasteiger partial charge is 0.257 e. The molecule has 2 heterocycles. The summed E-state index contributed by atoms with van der Waals surface area (Å²) in [6, 6.07) is 14.0. The van der Waals surface area contributed by atoms with Crippen LogP contribution in [-0.2, 0) is 5.41 Å². The van der Waals surface area contributed by atoms with Crippen LogP contribution in [0.2, 0.25) is 0 Å². The third-order valence-corrected chi connectivity index (χ3v) is 3.39. The van der Waals surface area contributed by atoms with Crippen LogP contribution in [-0.4, -0.2) is 20.2 Å². The minimum atomic E-state index is 0.0833. The highest BCUT2D eigenvalue weighted by molar-refractivity contribution is 5.59. The van der Waals surface area contributed by atoms with Crippen LogP contribution in [0.4, 0.5) is 0 Å². The number of nitrogens with one attached hydrogen (secondary N) is 1. The second-order valence-electron chi connectivity index (χ2n) is 6.05. The van der Waals surface area contributed by atoms with Gasteiger partial charge in [-0.25, -0.2) is 4.98 Å². The van der Waals surface area contributed by atoms with Gasteiger partial charge in [0.15, 0.2) is 11.6 Å². The highest BCUT2D eigenvalue weighted by Crippen LogP contribution is 2.25. The van der Waals surface area contributed by atoms with E-state index in [0.29, 0.717) is 11.6 Å². The Balaban J connectivity index is 1.97. The quantitative estimate of drug-likeness (QED) is 0.775. The van der Waals surface area contributed by atoms with Crippen molar-refractivity contribution >= 4 is 0 Å². The number of aromatic nitrogens is 4. The van der Waals surface area contributed by atoms with Gasteiger partial charge in [-0.05, 0) is 23.1 Å². The Morgan fingerprint density at radius 3 is 2.48 bits per heavy atom. The van der Waals surface area contributed by atoms with Crippen molar-refractivity contribution in [3.05, 3.63) is 54.2 Å². The van der Waals surface area contributed by atoms with Gasteiger partial charge in [-0.3, -0.25) is 10.1 Å². The molecule has 0 aliphatic rings. The van der Waals surface area contributed by atoms with Crippen molar-refractivity contribution in [2.75, 3.05) is 0 Å². The molecule has 21 heavy (non-hydrogen) atoms.